The average molecular weight is 412 g/mol. The number of carbonyl (C=O) groups is 2. The number of esters is 1. The number of benzene rings is 2. The van der Waals surface area contributed by atoms with E-state index in [9.17, 15) is 18.4 Å². The molecule has 0 aromatic heterocycles. The van der Waals surface area contributed by atoms with Crippen molar-refractivity contribution >= 4 is 29.2 Å². The molecule has 0 bridgehead atoms. The molecule has 0 aliphatic heterocycles. The molecule has 0 radical (unpaired) electrons. The zero-order chi connectivity index (χ0) is 20.7. The minimum absolute atomic E-state index is 0.0261. The first-order chi connectivity index (χ1) is 13.3. The van der Waals surface area contributed by atoms with Gasteiger partial charge < -0.3 is 14.8 Å². The SMILES string of the molecule is Cc1cc(Cl)ccc1OCCCC(=O)OC(C)C(=O)Nc1c(F)cccc1F. The van der Waals surface area contributed by atoms with E-state index >= 15 is 0 Å². The normalized spacial score (nSPS) is 11.6. The minimum Gasteiger partial charge on any atom is -0.493 e. The van der Waals surface area contributed by atoms with Gasteiger partial charge >= 0.3 is 5.97 Å². The maximum absolute atomic E-state index is 13.5. The summed E-state index contributed by atoms with van der Waals surface area (Å²) in [5, 5.41) is 2.69. The Hall–Kier alpha value is -2.67. The van der Waals surface area contributed by atoms with Gasteiger partial charge in [0.05, 0.1) is 6.61 Å². The molecular formula is C20H20ClF2NO4. The van der Waals surface area contributed by atoms with Crippen LogP contribution >= 0.6 is 11.6 Å². The van der Waals surface area contributed by atoms with Crippen LogP contribution in [0, 0.1) is 18.6 Å². The van der Waals surface area contributed by atoms with Crippen LogP contribution in [0.2, 0.25) is 5.02 Å². The van der Waals surface area contributed by atoms with Crippen molar-refractivity contribution in [2.75, 3.05) is 11.9 Å². The van der Waals surface area contributed by atoms with Crippen molar-refractivity contribution in [2.45, 2.75) is 32.8 Å². The van der Waals surface area contributed by atoms with Crippen molar-refractivity contribution in [1.29, 1.82) is 0 Å². The monoisotopic (exact) mass is 411 g/mol. The summed E-state index contributed by atoms with van der Waals surface area (Å²) in [7, 11) is 0. The van der Waals surface area contributed by atoms with E-state index in [1.165, 1.54) is 13.0 Å². The Kier molecular flexibility index (Phi) is 7.75. The van der Waals surface area contributed by atoms with Gasteiger partial charge in [-0.15, -0.1) is 0 Å². The van der Waals surface area contributed by atoms with Gasteiger partial charge in [0.2, 0.25) is 0 Å². The van der Waals surface area contributed by atoms with E-state index < -0.39 is 35.3 Å². The van der Waals surface area contributed by atoms with Crippen LogP contribution in [0.4, 0.5) is 14.5 Å². The van der Waals surface area contributed by atoms with Crippen molar-refractivity contribution in [3.63, 3.8) is 0 Å². The molecule has 2 aromatic carbocycles. The number of carbonyl (C=O) groups excluding carboxylic acids is 2. The second-order valence-electron chi connectivity index (χ2n) is 6.08. The number of amides is 1. The first-order valence-electron chi connectivity index (χ1n) is 8.61. The predicted octanol–water partition coefficient (Wildman–Crippen LogP) is 4.66. The zero-order valence-corrected chi connectivity index (χ0v) is 16.2. The van der Waals surface area contributed by atoms with E-state index in [0.717, 1.165) is 17.7 Å². The number of para-hydroxylation sites is 1. The number of rotatable bonds is 8. The summed E-state index contributed by atoms with van der Waals surface area (Å²) in [4.78, 5) is 23.8. The molecule has 0 saturated heterocycles. The standard InChI is InChI=1S/C20H20ClF2NO4/c1-12-11-14(21)8-9-17(12)27-10-4-7-18(25)28-13(2)20(26)24-19-15(22)5-3-6-16(19)23/h3,5-6,8-9,11,13H,4,7,10H2,1-2H3,(H,24,26). The van der Waals surface area contributed by atoms with Gasteiger partial charge in [0, 0.05) is 11.4 Å². The van der Waals surface area contributed by atoms with Crippen LogP contribution in [0.15, 0.2) is 36.4 Å². The van der Waals surface area contributed by atoms with Crippen LogP contribution in [0.5, 0.6) is 5.75 Å². The highest BCUT2D eigenvalue weighted by Gasteiger charge is 2.20. The lowest BCUT2D eigenvalue weighted by molar-refractivity contribution is -0.153. The highest BCUT2D eigenvalue weighted by molar-refractivity contribution is 6.30. The summed E-state index contributed by atoms with van der Waals surface area (Å²) in [6.45, 7) is 3.45. The van der Waals surface area contributed by atoms with Crippen LogP contribution < -0.4 is 10.1 Å². The largest absolute Gasteiger partial charge is 0.493 e. The lowest BCUT2D eigenvalue weighted by Crippen LogP contribution is -2.30. The van der Waals surface area contributed by atoms with Crippen LogP contribution in [0.25, 0.3) is 0 Å². The van der Waals surface area contributed by atoms with Crippen LogP contribution in [0.3, 0.4) is 0 Å². The Morgan fingerprint density at radius 1 is 1.18 bits per heavy atom. The fraction of sp³-hybridized carbons (Fsp3) is 0.300. The highest BCUT2D eigenvalue weighted by Crippen LogP contribution is 2.22. The summed E-state index contributed by atoms with van der Waals surface area (Å²) in [6, 6.07) is 8.41. The molecule has 28 heavy (non-hydrogen) atoms. The van der Waals surface area contributed by atoms with Crippen molar-refractivity contribution in [3.05, 3.63) is 58.6 Å². The first kappa shape index (κ1) is 21.6. The summed E-state index contributed by atoms with van der Waals surface area (Å²) in [5.74, 6) is -2.61. The Bertz CT molecular complexity index is 840. The summed E-state index contributed by atoms with van der Waals surface area (Å²) >= 11 is 5.87. The second-order valence-corrected chi connectivity index (χ2v) is 6.52. The molecule has 0 aliphatic carbocycles. The lowest BCUT2D eigenvalue weighted by Gasteiger charge is -2.14. The quantitative estimate of drug-likeness (QED) is 0.507. The van der Waals surface area contributed by atoms with Crippen LogP contribution in [-0.4, -0.2) is 24.6 Å². The Morgan fingerprint density at radius 2 is 1.86 bits per heavy atom. The maximum atomic E-state index is 13.5. The van der Waals surface area contributed by atoms with E-state index in [1.54, 1.807) is 18.2 Å². The Morgan fingerprint density at radius 3 is 2.50 bits per heavy atom. The highest BCUT2D eigenvalue weighted by atomic mass is 35.5. The lowest BCUT2D eigenvalue weighted by atomic mass is 10.2. The fourth-order valence-corrected chi connectivity index (χ4v) is 2.55. The molecule has 8 heteroatoms. The molecule has 0 saturated carbocycles. The number of halogens is 3. The maximum Gasteiger partial charge on any atom is 0.306 e. The van der Waals surface area contributed by atoms with Crippen molar-refractivity contribution in [1.82, 2.24) is 0 Å². The van der Waals surface area contributed by atoms with E-state index in [2.05, 4.69) is 5.32 Å². The van der Waals surface area contributed by atoms with E-state index in [4.69, 9.17) is 21.1 Å². The fourth-order valence-electron chi connectivity index (χ4n) is 2.33. The number of aryl methyl sites for hydroxylation is 1. The Labute approximate surface area is 166 Å². The third-order valence-corrected chi connectivity index (χ3v) is 4.04. The third-order valence-electron chi connectivity index (χ3n) is 3.81. The molecule has 1 N–H and O–H groups in total. The summed E-state index contributed by atoms with van der Waals surface area (Å²) in [6.07, 6.45) is -0.805. The van der Waals surface area contributed by atoms with Gasteiger partial charge in [-0.25, -0.2) is 8.78 Å². The topological polar surface area (TPSA) is 64.6 Å². The molecule has 0 heterocycles. The molecule has 0 spiro atoms. The van der Waals surface area contributed by atoms with E-state index in [0.29, 0.717) is 17.2 Å². The average Bonchev–Trinajstić information content (AvgIpc) is 2.63. The first-order valence-corrected chi connectivity index (χ1v) is 8.99. The second kappa shape index (κ2) is 10.0. The number of hydrogen-bond acceptors (Lipinski definition) is 4. The molecule has 5 nitrogen and oxygen atoms in total. The number of nitrogens with one attached hydrogen (secondary N) is 1. The smallest absolute Gasteiger partial charge is 0.306 e. The third kappa shape index (κ3) is 6.20. The molecule has 150 valence electrons. The van der Waals surface area contributed by atoms with Gasteiger partial charge in [-0.3, -0.25) is 9.59 Å². The van der Waals surface area contributed by atoms with Gasteiger partial charge in [0.25, 0.3) is 5.91 Å². The number of anilines is 1. The Balaban J connectivity index is 1.75. The van der Waals surface area contributed by atoms with Gasteiger partial charge in [-0.1, -0.05) is 17.7 Å². The molecular weight excluding hydrogens is 392 g/mol. The molecule has 1 amide bonds. The molecule has 0 aliphatic rings. The zero-order valence-electron chi connectivity index (χ0n) is 15.4. The van der Waals surface area contributed by atoms with E-state index in [1.807, 2.05) is 6.92 Å². The van der Waals surface area contributed by atoms with Gasteiger partial charge in [-0.2, -0.15) is 0 Å². The molecule has 2 rings (SSSR count). The summed E-state index contributed by atoms with van der Waals surface area (Å²) in [5.41, 5.74) is 0.294. The molecule has 1 atom stereocenters. The minimum atomic E-state index is -1.20. The number of ether oxygens (including phenoxy) is 2. The van der Waals surface area contributed by atoms with Gasteiger partial charge in [-0.05, 0) is 56.2 Å². The molecule has 0 fully saturated rings. The molecule has 1 unspecified atom stereocenters. The summed E-state index contributed by atoms with van der Waals surface area (Å²) < 4.78 is 37.7. The van der Waals surface area contributed by atoms with Crippen molar-refractivity contribution < 1.29 is 27.8 Å². The molecule has 2 aromatic rings. The van der Waals surface area contributed by atoms with Crippen molar-refractivity contribution in [2.24, 2.45) is 0 Å². The predicted molar refractivity (Wildman–Crippen MR) is 101 cm³/mol. The number of hydrogen-bond donors (Lipinski definition) is 1. The van der Waals surface area contributed by atoms with Gasteiger partial charge in [0.15, 0.2) is 6.10 Å². The van der Waals surface area contributed by atoms with Crippen LogP contribution in [-0.2, 0) is 14.3 Å². The van der Waals surface area contributed by atoms with Gasteiger partial charge in [0.1, 0.15) is 23.1 Å². The van der Waals surface area contributed by atoms with Crippen molar-refractivity contribution in [3.8, 4) is 5.75 Å². The van der Waals surface area contributed by atoms with E-state index in [-0.39, 0.29) is 13.0 Å². The van der Waals surface area contributed by atoms with Crippen LogP contribution in [0.1, 0.15) is 25.3 Å².